The molecule has 0 bridgehead atoms. The van der Waals surface area contributed by atoms with E-state index >= 15 is 0 Å². The number of hydrogen-bond donors (Lipinski definition) is 2. The molecule has 0 aromatic carbocycles. The number of hydrogen-bond acceptors (Lipinski definition) is 6. The average molecular weight is 251 g/mol. The number of aromatic nitrogens is 4. The van der Waals surface area contributed by atoms with Gasteiger partial charge >= 0.3 is 5.97 Å². The maximum atomic E-state index is 10.9. The van der Waals surface area contributed by atoms with Gasteiger partial charge in [-0.1, -0.05) is 0 Å². The van der Waals surface area contributed by atoms with Crippen molar-refractivity contribution >= 4 is 23.4 Å². The van der Waals surface area contributed by atoms with Gasteiger partial charge < -0.3 is 10.8 Å². The highest BCUT2D eigenvalue weighted by atomic mass is 32.2. The first kappa shape index (κ1) is 11.4. The van der Waals surface area contributed by atoms with Crippen LogP contribution in [0.5, 0.6) is 0 Å². The predicted molar refractivity (Wildman–Crippen MR) is 60.7 cm³/mol. The maximum absolute atomic E-state index is 10.9. The molecular formula is C9H9N5O2S. The first-order valence-electron chi connectivity index (χ1n) is 4.59. The topological polar surface area (TPSA) is 107 Å². The van der Waals surface area contributed by atoms with Crippen molar-refractivity contribution in [1.82, 2.24) is 19.7 Å². The Morgan fingerprint density at radius 1 is 1.53 bits per heavy atom. The molecule has 2 heterocycles. The smallest absolute Gasteiger partial charge is 0.337 e. The van der Waals surface area contributed by atoms with Crippen molar-refractivity contribution in [1.29, 1.82) is 0 Å². The molecular weight excluding hydrogens is 242 g/mol. The number of nitrogens with zero attached hydrogens (tertiary/aromatic N) is 4. The molecule has 0 saturated carbocycles. The molecule has 0 aliphatic carbocycles. The van der Waals surface area contributed by atoms with Crippen LogP contribution in [0.4, 0.5) is 5.69 Å². The Morgan fingerprint density at radius 2 is 2.29 bits per heavy atom. The summed E-state index contributed by atoms with van der Waals surface area (Å²) in [4.78, 5) is 18.9. The van der Waals surface area contributed by atoms with Crippen LogP contribution in [0.25, 0.3) is 0 Å². The van der Waals surface area contributed by atoms with Gasteiger partial charge in [-0.3, -0.25) is 0 Å². The summed E-state index contributed by atoms with van der Waals surface area (Å²) in [6.07, 6.45) is 2.80. The van der Waals surface area contributed by atoms with Crippen molar-refractivity contribution in [3.63, 3.8) is 0 Å². The largest absolute Gasteiger partial charge is 0.478 e. The van der Waals surface area contributed by atoms with Crippen LogP contribution >= 0.6 is 11.8 Å². The normalized spacial score (nSPS) is 10.4. The van der Waals surface area contributed by atoms with Gasteiger partial charge in [-0.05, 0) is 17.8 Å². The van der Waals surface area contributed by atoms with E-state index in [0.29, 0.717) is 10.2 Å². The van der Waals surface area contributed by atoms with Gasteiger partial charge in [-0.25, -0.2) is 19.4 Å². The van der Waals surface area contributed by atoms with Crippen LogP contribution < -0.4 is 5.73 Å². The SMILES string of the molecule is Cn1ncnc1Sc1nccc(C(=O)O)c1N. The lowest BCUT2D eigenvalue weighted by atomic mass is 10.2. The van der Waals surface area contributed by atoms with Gasteiger partial charge in [-0.2, -0.15) is 5.10 Å². The molecule has 0 aliphatic rings. The van der Waals surface area contributed by atoms with E-state index in [9.17, 15) is 4.79 Å². The van der Waals surface area contributed by atoms with Crippen LogP contribution in [0.3, 0.4) is 0 Å². The minimum absolute atomic E-state index is 0.0321. The molecule has 0 atom stereocenters. The van der Waals surface area contributed by atoms with E-state index in [4.69, 9.17) is 10.8 Å². The molecule has 0 radical (unpaired) electrons. The Kier molecular flexibility index (Phi) is 2.96. The molecule has 0 unspecified atom stereocenters. The molecule has 2 aromatic heterocycles. The summed E-state index contributed by atoms with van der Waals surface area (Å²) in [5.74, 6) is -1.08. The lowest BCUT2D eigenvalue weighted by molar-refractivity contribution is 0.0697. The van der Waals surface area contributed by atoms with E-state index in [1.54, 1.807) is 11.7 Å². The summed E-state index contributed by atoms with van der Waals surface area (Å²) in [5, 5.41) is 13.8. The van der Waals surface area contributed by atoms with E-state index in [-0.39, 0.29) is 11.3 Å². The number of carbonyl (C=O) groups is 1. The summed E-state index contributed by atoms with van der Waals surface area (Å²) in [6.45, 7) is 0. The molecule has 88 valence electrons. The number of nitrogens with two attached hydrogens (primary N) is 1. The van der Waals surface area contributed by atoms with E-state index in [2.05, 4.69) is 15.1 Å². The van der Waals surface area contributed by atoms with E-state index in [1.165, 1.54) is 30.4 Å². The zero-order valence-electron chi connectivity index (χ0n) is 8.86. The third-order valence-electron chi connectivity index (χ3n) is 2.04. The van der Waals surface area contributed by atoms with Gasteiger partial charge in [0.25, 0.3) is 0 Å². The number of nitrogen functional groups attached to an aromatic ring is 1. The van der Waals surface area contributed by atoms with Crippen molar-refractivity contribution in [2.75, 3.05) is 5.73 Å². The Morgan fingerprint density at radius 3 is 2.88 bits per heavy atom. The Hall–Kier alpha value is -2.09. The number of anilines is 1. The van der Waals surface area contributed by atoms with Gasteiger partial charge in [0.05, 0.1) is 11.3 Å². The fourth-order valence-corrected chi connectivity index (χ4v) is 1.97. The Bertz CT molecular complexity index is 568. The van der Waals surface area contributed by atoms with Gasteiger partial charge in [0, 0.05) is 13.2 Å². The van der Waals surface area contributed by atoms with Gasteiger partial charge in [0.2, 0.25) is 0 Å². The summed E-state index contributed by atoms with van der Waals surface area (Å²) in [5.41, 5.74) is 5.89. The number of rotatable bonds is 3. The van der Waals surface area contributed by atoms with E-state index in [1.807, 2.05) is 0 Å². The highest BCUT2D eigenvalue weighted by Crippen LogP contribution is 2.29. The third kappa shape index (κ3) is 2.21. The number of pyridine rings is 1. The fraction of sp³-hybridized carbons (Fsp3) is 0.111. The van der Waals surface area contributed by atoms with Crippen molar-refractivity contribution in [3.8, 4) is 0 Å². The van der Waals surface area contributed by atoms with Crippen LogP contribution in [0, 0.1) is 0 Å². The minimum Gasteiger partial charge on any atom is -0.478 e. The van der Waals surface area contributed by atoms with Crippen molar-refractivity contribution in [2.45, 2.75) is 10.2 Å². The lowest BCUT2D eigenvalue weighted by Gasteiger charge is -2.05. The second kappa shape index (κ2) is 4.42. The maximum Gasteiger partial charge on any atom is 0.337 e. The Labute approximate surface area is 101 Å². The second-order valence-corrected chi connectivity index (χ2v) is 4.11. The second-order valence-electron chi connectivity index (χ2n) is 3.15. The average Bonchev–Trinajstić information content (AvgIpc) is 2.67. The molecule has 0 aliphatic heterocycles. The summed E-state index contributed by atoms with van der Waals surface area (Å²) < 4.78 is 1.55. The molecule has 17 heavy (non-hydrogen) atoms. The standard InChI is InChI=1S/C9H9N5O2S/c1-14-9(12-4-13-14)17-7-6(10)5(8(15)16)2-3-11-7/h2-4H,10H2,1H3,(H,15,16). The number of carboxylic acid groups (broad SMARTS) is 1. The summed E-state index contributed by atoms with van der Waals surface area (Å²) >= 11 is 1.17. The molecule has 2 rings (SSSR count). The zero-order chi connectivity index (χ0) is 12.4. The van der Waals surface area contributed by atoms with Crippen LogP contribution in [0.15, 0.2) is 28.8 Å². The number of aryl methyl sites for hydroxylation is 1. The first-order valence-corrected chi connectivity index (χ1v) is 5.41. The van der Waals surface area contributed by atoms with Crippen LogP contribution in [0.1, 0.15) is 10.4 Å². The molecule has 0 fully saturated rings. The summed E-state index contributed by atoms with van der Waals surface area (Å²) in [7, 11) is 1.73. The highest BCUT2D eigenvalue weighted by Gasteiger charge is 2.14. The van der Waals surface area contributed by atoms with Crippen LogP contribution in [0.2, 0.25) is 0 Å². The van der Waals surface area contributed by atoms with E-state index in [0.717, 1.165) is 0 Å². The van der Waals surface area contributed by atoms with Gasteiger partial charge in [0.15, 0.2) is 5.16 Å². The lowest BCUT2D eigenvalue weighted by Crippen LogP contribution is -2.05. The third-order valence-corrected chi connectivity index (χ3v) is 3.11. The molecule has 0 amide bonds. The molecule has 0 spiro atoms. The molecule has 0 saturated heterocycles. The summed E-state index contributed by atoms with van der Waals surface area (Å²) in [6, 6.07) is 1.36. The fourth-order valence-electron chi connectivity index (χ4n) is 1.19. The first-order chi connectivity index (χ1) is 8.09. The molecule has 3 N–H and O–H groups in total. The zero-order valence-corrected chi connectivity index (χ0v) is 9.68. The minimum atomic E-state index is -1.08. The van der Waals surface area contributed by atoms with E-state index < -0.39 is 5.97 Å². The van der Waals surface area contributed by atoms with Gasteiger partial charge in [0.1, 0.15) is 11.4 Å². The van der Waals surface area contributed by atoms with Crippen molar-refractivity contribution < 1.29 is 9.90 Å². The predicted octanol–water partition coefficient (Wildman–Crippen LogP) is 0.642. The van der Waals surface area contributed by atoms with Crippen LogP contribution in [-0.2, 0) is 7.05 Å². The molecule has 8 heteroatoms. The van der Waals surface area contributed by atoms with Crippen molar-refractivity contribution in [2.24, 2.45) is 7.05 Å². The monoisotopic (exact) mass is 251 g/mol. The highest BCUT2D eigenvalue weighted by molar-refractivity contribution is 7.99. The molecule has 7 nitrogen and oxygen atoms in total. The van der Waals surface area contributed by atoms with Crippen molar-refractivity contribution in [3.05, 3.63) is 24.2 Å². The molecule has 2 aromatic rings. The quantitative estimate of drug-likeness (QED) is 0.824. The Balaban J connectivity index is 2.37. The number of carboxylic acids is 1. The van der Waals surface area contributed by atoms with Gasteiger partial charge in [-0.15, -0.1) is 0 Å². The van der Waals surface area contributed by atoms with Crippen LogP contribution in [-0.4, -0.2) is 30.8 Å². The number of aromatic carboxylic acids is 1.